The standard InChI is InChI=1S/C21H22N4O3/c1-4-14-5-7-15(8-6-14)13-22-25-21(26)19-12-18(23-24-19)17-10-9-16(27-2)11-20(17)28-3/h5-13H,4H2,1-3H3,(H,23,24)(H,25,26). The number of H-pyrrole nitrogens is 1. The van der Waals surface area contributed by atoms with Crippen molar-refractivity contribution >= 4 is 12.1 Å². The van der Waals surface area contributed by atoms with Crippen LogP contribution in [-0.2, 0) is 6.42 Å². The number of amides is 1. The molecule has 1 heterocycles. The van der Waals surface area contributed by atoms with Crippen LogP contribution in [0, 0.1) is 0 Å². The van der Waals surface area contributed by atoms with Crippen molar-refractivity contribution in [1.82, 2.24) is 15.6 Å². The molecule has 0 aliphatic carbocycles. The predicted octanol–water partition coefficient (Wildman–Crippen LogP) is 3.42. The zero-order valence-corrected chi connectivity index (χ0v) is 16.0. The number of aromatic nitrogens is 2. The van der Waals surface area contributed by atoms with Crippen LogP contribution in [0.25, 0.3) is 11.3 Å². The maximum Gasteiger partial charge on any atom is 0.289 e. The Labute approximate surface area is 163 Å². The second kappa shape index (κ2) is 8.85. The highest BCUT2D eigenvalue weighted by molar-refractivity contribution is 5.94. The summed E-state index contributed by atoms with van der Waals surface area (Å²) < 4.78 is 10.6. The maximum atomic E-state index is 12.3. The molecule has 0 aliphatic heterocycles. The van der Waals surface area contributed by atoms with Gasteiger partial charge in [-0.15, -0.1) is 0 Å². The average Bonchev–Trinajstić information content (AvgIpc) is 3.23. The van der Waals surface area contributed by atoms with E-state index < -0.39 is 0 Å². The Bertz CT molecular complexity index is 978. The van der Waals surface area contributed by atoms with Gasteiger partial charge in [0.15, 0.2) is 0 Å². The number of aryl methyl sites for hydroxylation is 1. The number of aromatic amines is 1. The third-order valence-corrected chi connectivity index (χ3v) is 4.27. The Morgan fingerprint density at radius 1 is 1.14 bits per heavy atom. The average molecular weight is 378 g/mol. The molecule has 0 unspecified atom stereocenters. The SMILES string of the molecule is CCc1ccc(C=NNC(=O)c2cc(-c3ccc(OC)cc3OC)n[nH]2)cc1. The van der Waals surface area contributed by atoms with Gasteiger partial charge in [0, 0.05) is 11.6 Å². The Hall–Kier alpha value is -3.61. The van der Waals surface area contributed by atoms with Crippen LogP contribution in [0.15, 0.2) is 53.6 Å². The number of ether oxygens (including phenoxy) is 2. The molecule has 0 aliphatic rings. The van der Waals surface area contributed by atoms with Crippen LogP contribution in [-0.4, -0.2) is 36.5 Å². The van der Waals surface area contributed by atoms with Crippen molar-refractivity contribution in [3.8, 4) is 22.8 Å². The topological polar surface area (TPSA) is 88.6 Å². The van der Waals surface area contributed by atoms with Crippen molar-refractivity contribution in [3.05, 3.63) is 65.4 Å². The molecule has 0 saturated carbocycles. The van der Waals surface area contributed by atoms with Crippen LogP contribution in [0.3, 0.4) is 0 Å². The monoisotopic (exact) mass is 378 g/mol. The fraction of sp³-hybridized carbons (Fsp3) is 0.190. The number of hydrogen-bond donors (Lipinski definition) is 2. The number of benzene rings is 2. The van der Waals surface area contributed by atoms with Gasteiger partial charge < -0.3 is 9.47 Å². The number of nitrogens with zero attached hydrogens (tertiary/aromatic N) is 2. The number of methoxy groups -OCH3 is 2. The third-order valence-electron chi connectivity index (χ3n) is 4.27. The zero-order valence-electron chi connectivity index (χ0n) is 16.0. The summed E-state index contributed by atoms with van der Waals surface area (Å²) in [6.07, 6.45) is 2.58. The van der Waals surface area contributed by atoms with E-state index in [1.54, 1.807) is 38.6 Å². The number of nitrogens with one attached hydrogen (secondary N) is 2. The summed E-state index contributed by atoms with van der Waals surface area (Å²) in [5.74, 6) is 0.898. The summed E-state index contributed by atoms with van der Waals surface area (Å²) in [6, 6.07) is 15.0. The first-order valence-corrected chi connectivity index (χ1v) is 8.84. The summed E-state index contributed by atoms with van der Waals surface area (Å²) in [4.78, 5) is 12.3. The highest BCUT2D eigenvalue weighted by Gasteiger charge is 2.14. The van der Waals surface area contributed by atoms with E-state index in [4.69, 9.17) is 9.47 Å². The smallest absolute Gasteiger partial charge is 0.289 e. The minimum Gasteiger partial charge on any atom is -0.497 e. The number of rotatable bonds is 7. The lowest BCUT2D eigenvalue weighted by atomic mass is 10.1. The van der Waals surface area contributed by atoms with E-state index in [9.17, 15) is 4.79 Å². The van der Waals surface area contributed by atoms with Gasteiger partial charge in [0.1, 0.15) is 17.2 Å². The molecule has 1 aromatic heterocycles. The number of hydrazone groups is 1. The van der Waals surface area contributed by atoms with Gasteiger partial charge in [0.2, 0.25) is 0 Å². The minimum absolute atomic E-state index is 0.298. The zero-order chi connectivity index (χ0) is 19.9. The number of carbonyl (C=O) groups excluding carboxylic acids is 1. The molecule has 0 radical (unpaired) electrons. The van der Waals surface area contributed by atoms with Gasteiger partial charge in [-0.25, -0.2) is 5.43 Å². The molecule has 2 aromatic carbocycles. The van der Waals surface area contributed by atoms with Crippen molar-refractivity contribution in [2.45, 2.75) is 13.3 Å². The lowest BCUT2D eigenvalue weighted by molar-refractivity contribution is 0.0950. The summed E-state index contributed by atoms with van der Waals surface area (Å²) >= 11 is 0. The lowest BCUT2D eigenvalue weighted by Gasteiger charge is -2.08. The van der Waals surface area contributed by atoms with E-state index in [0.29, 0.717) is 22.9 Å². The summed E-state index contributed by atoms with van der Waals surface area (Å²) in [5, 5.41) is 10.9. The minimum atomic E-state index is -0.382. The molecule has 0 fully saturated rings. The van der Waals surface area contributed by atoms with Crippen LogP contribution >= 0.6 is 0 Å². The number of hydrogen-bond acceptors (Lipinski definition) is 5. The molecule has 3 rings (SSSR count). The van der Waals surface area contributed by atoms with Gasteiger partial charge in [0.25, 0.3) is 5.91 Å². The van der Waals surface area contributed by atoms with E-state index in [1.807, 2.05) is 30.3 Å². The van der Waals surface area contributed by atoms with Gasteiger partial charge >= 0.3 is 0 Å². The van der Waals surface area contributed by atoms with E-state index >= 15 is 0 Å². The molecule has 28 heavy (non-hydrogen) atoms. The van der Waals surface area contributed by atoms with E-state index in [1.165, 1.54) is 5.56 Å². The molecular weight excluding hydrogens is 356 g/mol. The second-order valence-electron chi connectivity index (χ2n) is 6.03. The van der Waals surface area contributed by atoms with Crippen LogP contribution in [0.1, 0.15) is 28.5 Å². The molecule has 1 amide bonds. The fourth-order valence-corrected chi connectivity index (χ4v) is 2.65. The molecule has 0 spiro atoms. The second-order valence-corrected chi connectivity index (χ2v) is 6.03. The highest BCUT2D eigenvalue weighted by Crippen LogP contribution is 2.32. The van der Waals surface area contributed by atoms with Crippen molar-refractivity contribution < 1.29 is 14.3 Å². The third kappa shape index (κ3) is 4.37. The first kappa shape index (κ1) is 19.2. The van der Waals surface area contributed by atoms with E-state index in [-0.39, 0.29) is 5.91 Å². The van der Waals surface area contributed by atoms with Gasteiger partial charge in [-0.05, 0) is 35.7 Å². The van der Waals surface area contributed by atoms with Gasteiger partial charge in [-0.2, -0.15) is 10.2 Å². The van der Waals surface area contributed by atoms with Crippen molar-refractivity contribution in [1.29, 1.82) is 0 Å². The van der Waals surface area contributed by atoms with Gasteiger partial charge in [-0.3, -0.25) is 9.89 Å². The molecule has 3 aromatic rings. The van der Waals surface area contributed by atoms with Gasteiger partial charge in [0.05, 0.1) is 26.1 Å². The highest BCUT2D eigenvalue weighted by atomic mass is 16.5. The Morgan fingerprint density at radius 3 is 2.61 bits per heavy atom. The first-order chi connectivity index (χ1) is 13.6. The van der Waals surface area contributed by atoms with Gasteiger partial charge in [-0.1, -0.05) is 31.2 Å². The Morgan fingerprint density at radius 2 is 1.93 bits per heavy atom. The molecular formula is C21H22N4O3. The van der Waals surface area contributed by atoms with Crippen molar-refractivity contribution in [2.24, 2.45) is 5.10 Å². The maximum absolute atomic E-state index is 12.3. The number of carbonyl (C=O) groups is 1. The fourth-order valence-electron chi connectivity index (χ4n) is 2.65. The molecule has 0 bridgehead atoms. The first-order valence-electron chi connectivity index (χ1n) is 8.84. The molecule has 7 heteroatoms. The molecule has 144 valence electrons. The van der Waals surface area contributed by atoms with E-state index in [0.717, 1.165) is 17.5 Å². The summed E-state index contributed by atoms with van der Waals surface area (Å²) in [7, 11) is 3.16. The van der Waals surface area contributed by atoms with Crippen LogP contribution in [0.4, 0.5) is 0 Å². The largest absolute Gasteiger partial charge is 0.497 e. The normalized spacial score (nSPS) is 10.8. The quantitative estimate of drug-likeness (QED) is 0.487. The van der Waals surface area contributed by atoms with Crippen molar-refractivity contribution in [3.63, 3.8) is 0 Å². The van der Waals surface area contributed by atoms with Crippen LogP contribution in [0.5, 0.6) is 11.5 Å². The van der Waals surface area contributed by atoms with Crippen LogP contribution in [0.2, 0.25) is 0 Å². The Kier molecular flexibility index (Phi) is 6.06. The summed E-state index contributed by atoms with van der Waals surface area (Å²) in [6.45, 7) is 2.10. The molecule has 0 saturated heterocycles. The van der Waals surface area contributed by atoms with Crippen LogP contribution < -0.4 is 14.9 Å². The van der Waals surface area contributed by atoms with E-state index in [2.05, 4.69) is 27.6 Å². The van der Waals surface area contributed by atoms with Crippen molar-refractivity contribution in [2.75, 3.05) is 14.2 Å². The molecule has 7 nitrogen and oxygen atoms in total. The summed E-state index contributed by atoms with van der Waals surface area (Å²) in [5.41, 5.74) is 6.29. The predicted molar refractivity (Wildman–Crippen MR) is 108 cm³/mol. The Balaban J connectivity index is 1.69. The molecule has 2 N–H and O–H groups in total. The molecule has 0 atom stereocenters. The lowest BCUT2D eigenvalue weighted by Crippen LogP contribution is -2.18.